The van der Waals surface area contributed by atoms with Crippen molar-refractivity contribution in [2.45, 2.75) is 46.8 Å². The molecule has 1 heterocycles. The number of likely N-dealkylation sites (N-methyl/N-ethyl adjacent to an activating group) is 1. The first-order valence-corrected chi connectivity index (χ1v) is 7.92. The summed E-state index contributed by atoms with van der Waals surface area (Å²) in [6, 6.07) is 8.48. The molecule has 2 atom stereocenters. The van der Waals surface area contributed by atoms with E-state index in [1.54, 1.807) is 0 Å². The van der Waals surface area contributed by atoms with E-state index in [1.807, 2.05) is 6.92 Å². The summed E-state index contributed by atoms with van der Waals surface area (Å²) < 4.78 is 12.1. The number of aryl methyl sites for hydroxylation is 1. The predicted octanol–water partition coefficient (Wildman–Crippen LogP) is 4.45. The van der Waals surface area contributed by atoms with E-state index < -0.39 is 0 Å². The largest absolute Gasteiger partial charge is 0.459 e. The summed E-state index contributed by atoms with van der Waals surface area (Å²) in [5.74, 6) is 1.39. The lowest BCUT2D eigenvalue weighted by Crippen LogP contribution is -2.37. The van der Waals surface area contributed by atoms with E-state index in [0.717, 1.165) is 23.3 Å². The van der Waals surface area contributed by atoms with Crippen LogP contribution in [0.3, 0.4) is 0 Å². The molecule has 21 heavy (non-hydrogen) atoms. The van der Waals surface area contributed by atoms with Gasteiger partial charge in [-0.3, -0.25) is 0 Å². The van der Waals surface area contributed by atoms with Crippen LogP contribution in [0.25, 0.3) is 11.0 Å². The van der Waals surface area contributed by atoms with Crippen molar-refractivity contribution in [2.24, 2.45) is 5.92 Å². The van der Waals surface area contributed by atoms with Crippen molar-refractivity contribution in [1.82, 2.24) is 5.32 Å². The number of nitrogens with one attached hydrogen (secondary N) is 1. The molecular formula is C18H27NO2. The zero-order valence-electron chi connectivity index (χ0n) is 13.8. The Morgan fingerprint density at radius 3 is 2.57 bits per heavy atom. The zero-order chi connectivity index (χ0) is 15.4. The third kappa shape index (κ3) is 3.47. The van der Waals surface area contributed by atoms with Crippen molar-refractivity contribution < 1.29 is 9.15 Å². The van der Waals surface area contributed by atoms with Crippen LogP contribution < -0.4 is 5.32 Å². The number of ether oxygens (including phenoxy) is 1. The van der Waals surface area contributed by atoms with Gasteiger partial charge in [0.15, 0.2) is 0 Å². The summed E-state index contributed by atoms with van der Waals surface area (Å²) in [5, 5.41) is 4.69. The Morgan fingerprint density at radius 1 is 1.24 bits per heavy atom. The second kappa shape index (κ2) is 7.10. The molecule has 0 aliphatic heterocycles. The maximum Gasteiger partial charge on any atom is 0.137 e. The molecule has 0 fully saturated rings. The third-order valence-electron chi connectivity index (χ3n) is 3.84. The normalized spacial score (nSPS) is 14.8. The molecule has 0 amide bonds. The van der Waals surface area contributed by atoms with Crippen molar-refractivity contribution in [3.63, 3.8) is 0 Å². The Morgan fingerprint density at radius 2 is 2.00 bits per heavy atom. The summed E-state index contributed by atoms with van der Waals surface area (Å²) >= 11 is 0. The zero-order valence-corrected chi connectivity index (χ0v) is 13.8. The number of para-hydroxylation sites is 1. The Kier molecular flexibility index (Phi) is 5.43. The Hall–Kier alpha value is -1.32. The molecule has 1 N–H and O–H groups in total. The summed E-state index contributed by atoms with van der Waals surface area (Å²) in [7, 11) is 0. The van der Waals surface area contributed by atoms with Gasteiger partial charge in [0.05, 0.1) is 12.1 Å². The van der Waals surface area contributed by atoms with Crippen LogP contribution in [0.1, 0.15) is 45.1 Å². The van der Waals surface area contributed by atoms with Crippen LogP contribution in [-0.2, 0) is 4.74 Å². The number of fused-ring (bicyclic) bond motifs is 1. The molecule has 2 unspecified atom stereocenters. The van der Waals surface area contributed by atoms with Crippen molar-refractivity contribution in [3.05, 3.63) is 35.6 Å². The highest BCUT2D eigenvalue weighted by molar-refractivity contribution is 5.81. The second-order valence-corrected chi connectivity index (χ2v) is 5.84. The summed E-state index contributed by atoms with van der Waals surface area (Å²) in [6.07, 6.45) is 0.107. The second-order valence-electron chi connectivity index (χ2n) is 5.84. The first-order valence-electron chi connectivity index (χ1n) is 7.92. The topological polar surface area (TPSA) is 34.4 Å². The van der Waals surface area contributed by atoms with Gasteiger partial charge in [-0.15, -0.1) is 0 Å². The predicted molar refractivity (Wildman–Crippen MR) is 87.6 cm³/mol. The van der Waals surface area contributed by atoms with Crippen LogP contribution in [0.2, 0.25) is 0 Å². The number of hydrogen-bond acceptors (Lipinski definition) is 3. The summed E-state index contributed by atoms with van der Waals surface area (Å²) in [5.41, 5.74) is 2.15. The lowest BCUT2D eigenvalue weighted by Gasteiger charge is -2.29. The van der Waals surface area contributed by atoms with Gasteiger partial charge in [-0.25, -0.2) is 0 Å². The highest BCUT2D eigenvalue weighted by Crippen LogP contribution is 2.31. The molecule has 2 rings (SSSR count). The molecule has 1 aromatic heterocycles. The standard InChI is InChI=1S/C18H27NO2/c1-6-19-16(17(12(3)4)20-7-2)15-11-14-10-8-9-13(5)18(14)21-15/h8-12,16-17,19H,6-7H2,1-5H3. The van der Waals surface area contributed by atoms with E-state index in [2.05, 4.69) is 57.3 Å². The lowest BCUT2D eigenvalue weighted by atomic mass is 9.97. The van der Waals surface area contributed by atoms with Gasteiger partial charge in [0.25, 0.3) is 0 Å². The fraction of sp³-hybridized carbons (Fsp3) is 0.556. The van der Waals surface area contributed by atoms with Crippen molar-refractivity contribution in [1.29, 1.82) is 0 Å². The Bertz CT molecular complexity index is 574. The molecule has 0 spiro atoms. The molecule has 0 radical (unpaired) electrons. The van der Waals surface area contributed by atoms with Crippen LogP contribution in [0, 0.1) is 12.8 Å². The third-order valence-corrected chi connectivity index (χ3v) is 3.84. The fourth-order valence-corrected chi connectivity index (χ4v) is 2.85. The first-order chi connectivity index (χ1) is 10.1. The molecule has 3 heteroatoms. The number of benzene rings is 1. The highest BCUT2D eigenvalue weighted by atomic mass is 16.5. The average Bonchev–Trinajstić information content (AvgIpc) is 2.87. The van der Waals surface area contributed by atoms with Gasteiger partial charge in [0.1, 0.15) is 11.3 Å². The highest BCUT2D eigenvalue weighted by Gasteiger charge is 2.28. The SMILES string of the molecule is CCNC(c1cc2cccc(C)c2o1)C(OCC)C(C)C. The molecular weight excluding hydrogens is 262 g/mol. The molecule has 116 valence electrons. The van der Waals surface area contributed by atoms with Crippen LogP contribution in [-0.4, -0.2) is 19.3 Å². The molecule has 0 saturated carbocycles. The van der Waals surface area contributed by atoms with Crippen LogP contribution >= 0.6 is 0 Å². The smallest absolute Gasteiger partial charge is 0.137 e. The minimum atomic E-state index is 0.0850. The molecule has 0 aliphatic carbocycles. The quantitative estimate of drug-likeness (QED) is 0.817. The lowest BCUT2D eigenvalue weighted by molar-refractivity contribution is -0.00150. The fourth-order valence-electron chi connectivity index (χ4n) is 2.85. The number of rotatable bonds is 7. The van der Waals surface area contributed by atoms with E-state index in [0.29, 0.717) is 12.5 Å². The molecule has 3 nitrogen and oxygen atoms in total. The Labute approximate surface area is 127 Å². The van der Waals surface area contributed by atoms with Crippen LogP contribution in [0.15, 0.2) is 28.7 Å². The average molecular weight is 289 g/mol. The molecule has 0 saturated heterocycles. The molecule has 2 aromatic rings. The van der Waals surface area contributed by atoms with Gasteiger partial charge in [-0.05, 0) is 37.9 Å². The van der Waals surface area contributed by atoms with Gasteiger partial charge < -0.3 is 14.5 Å². The van der Waals surface area contributed by atoms with Gasteiger partial charge >= 0.3 is 0 Å². The van der Waals surface area contributed by atoms with Crippen LogP contribution in [0.5, 0.6) is 0 Å². The number of furan rings is 1. The van der Waals surface area contributed by atoms with Crippen molar-refractivity contribution in [2.75, 3.05) is 13.2 Å². The maximum atomic E-state index is 6.15. The van der Waals surface area contributed by atoms with Crippen molar-refractivity contribution in [3.8, 4) is 0 Å². The van der Waals surface area contributed by atoms with E-state index >= 15 is 0 Å². The van der Waals surface area contributed by atoms with Crippen molar-refractivity contribution >= 4 is 11.0 Å². The van der Waals surface area contributed by atoms with E-state index in [1.165, 1.54) is 5.56 Å². The summed E-state index contributed by atoms with van der Waals surface area (Å²) in [6.45, 7) is 12.2. The van der Waals surface area contributed by atoms with Gasteiger partial charge in [-0.1, -0.05) is 39.0 Å². The number of hydrogen-bond donors (Lipinski definition) is 1. The van der Waals surface area contributed by atoms with Gasteiger partial charge in [0, 0.05) is 12.0 Å². The maximum absolute atomic E-state index is 6.15. The molecule has 0 bridgehead atoms. The minimum absolute atomic E-state index is 0.0850. The van der Waals surface area contributed by atoms with E-state index in [4.69, 9.17) is 9.15 Å². The molecule has 0 aliphatic rings. The first kappa shape index (κ1) is 16.1. The van der Waals surface area contributed by atoms with Crippen LogP contribution in [0.4, 0.5) is 0 Å². The summed E-state index contributed by atoms with van der Waals surface area (Å²) in [4.78, 5) is 0. The van der Waals surface area contributed by atoms with E-state index in [9.17, 15) is 0 Å². The Balaban J connectivity index is 2.41. The monoisotopic (exact) mass is 289 g/mol. The minimum Gasteiger partial charge on any atom is -0.459 e. The van der Waals surface area contributed by atoms with Gasteiger partial charge in [0.2, 0.25) is 0 Å². The van der Waals surface area contributed by atoms with Gasteiger partial charge in [-0.2, -0.15) is 0 Å². The molecule has 1 aromatic carbocycles. The van der Waals surface area contributed by atoms with E-state index in [-0.39, 0.29) is 12.1 Å².